The largest absolute Gasteiger partial charge is 0.457 e. The lowest BCUT2D eigenvalue weighted by atomic mass is 10.0. The second-order valence-corrected chi connectivity index (χ2v) is 7.51. The number of carbonyl (C=O) groups excluding carboxylic acids is 1. The van der Waals surface area contributed by atoms with Gasteiger partial charge in [0.05, 0.1) is 15.6 Å². The lowest BCUT2D eigenvalue weighted by molar-refractivity contribution is -0.112. The molecule has 1 heterocycles. The number of furan rings is 1. The standard InChI is InChI=1S/C23H18Cl2N2O2/c1-14(2)15-6-8-17(9-7-15)27-23(28)16(13-26)12-18-10-11-21(29-18)22-19(24)4-3-5-20(22)25/h3-12,14H,1-2H3,(H,27,28)/b16-12+. The van der Waals surface area contributed by atoms with Crippen molar-refractivity contribution >= 4 is 40.9 Å². The first-order valence-electron chi connectivity index (χ1n) is 8.96. The van der Waals surface area contributed by atoms with Gasteiger partial charge in [-0.15, -0.1) is 0 Å². The summed E-state index contributed by atoms with van der Waals surface area (Å²) in [6, 6.07) is 17.9. The lowest BCUT2D eigenvalue weighted by Crippen LogP contribution is -2.13. The van der Waals surface area contributed by atoms with Crippen LogP contribution in [0.15, 0.2) is 64.6 Å². The Morgan fingerprint density at radius 3 is 2.31 bits per heavy atom. The van der Waals surface area contributed by atoms with Crippen molar-refractivity contribution in [1.82, 2.24) is 0 Å². The predicted molar refractivity (Wildman–Crippen MR) is 117 cm³/mol. The van der Waals surface area contributed by atoms with Crippen molar-refractivity contribution in [2.75, 3.05) is 5.32 Å². The molecule has 0 aliphatic rings. The van der Waals surface area contributed by atoms with E-state index in [1.54, 1.807) is 30.3 Å². The van der Waals surface area contributed by atoms with E-state index in [2.05, 4.69) is 19.2 Å². The monoisotopic (exact) mass is 424 g/mol. The molecule has 1 amide bonds. The molecule has 0 aliphatic carbocycles. The van der Waals surface area contributed by atoms with Gasteiger partial charge >= 0.3 is 0 Å². The van der Waals surface area contributed by atoms with Crippen molar-refractivity contribution in [3.8, 4) is 17.4 Å². The fourth-order valence-electron chi connectivity index (χ4n) is 2.74. The van der Waals surface area contributed by atoms with Crippen LogP contribution in [0, 0.1) is 11.3 Å². The van der Waals surface area contributed by atoms with Crippen molar-refractivity contribution in [2.45, 2.75) is 19.8 Å². The van der Waals surface area contributed by atoms with Gasteiger partial charge in [0.1, 0.15) is 23.2 Å². The van der Waals surface area contributed by atoms with Crippen LogP contribution in [0.2, 0.25) is 10.0 Å². The molecule has 0 saturated carbocycles. The molecule has 0 saturated heterocycles. The Labute approximate surface area is 179 Å². The Balaban J connectivity index is 1.80. The second kappa shape index (κ2) is 9.00. The topological polar surface area (TPSA) is 66.0 Å². The van der Waals surface area contributed by atoms with Crippen LogP contribution in [0.1, 0.15) is 31.1 Å². The van der Waals surface area contributed by atoms with Crippen molar-refractivity contribution < 1.29 is 9.21 Å². The molecule has 2 aromatic carbocycles. The minimum atomic E-state index is -0.515. The van der Waals surface area contributed by atoms with Crippen LogP contribution < -0.4 is 5.32 Å². The van der Waals surface area contributed by atoms with Gasteiger partial charge in [-0.2, -0.15) is 5.26 Å². The van der Waals surface area contributed by atoms with Crippen LogP contribution in [0.5, 0.6) is 0 Å². The van der Waals surface area contributed by atoms with E-state index < -0.39 is 5.91 Å². The summed E-state index contributed by atoms with van der Waals surface area (Å²) < 4.78 is 5.73. The zero-order valence-corrected chi connectivity index (χ0v) is 17.4. The Morgan fingerprint density at radius 2 is 1.72 bits per heavy atom. The number of nitriles is 1. The Morgan fingerprint density at radius 1 is 1.07 bits per heavy atom. The molecule has 1 N–H and O–H groups in total. The van der Waals surface area contributed by atoms with Crippen LogP contribution in [-0.2, 0) is 4.79 Å². The first kappa shape index (κ1) is 20.7. The zero-order valence-electron chi connectivity index (χ0n) is 15.9. The first-order chi connectivity index (χ1) is 13.9. The molecule has 6 heteroatoms. The van der Waals surface area contributed by atoms with E-state index in [4.69, 9.17) is 27.6 Å². The predicted octanol–water partition coefficient (Wildman–Crippen LogP) is 6.92. The highest BCUT2D eigenvalue weighted by Crippen LogP contribution is 2.35. The number of benzene rings is 2. The summed E-state index contributed by atoms with van der Waals surface area (Å²) in [7, 11) is 0. The number of nitrogens with one attached hydrogen (secondary N) is 1. The van der Waals surface area contributed by atoms with Crippen molar-refractivity contribution in [3.63, 3.8) is 0 Å². The molecule has 0 atom stereocenters. The third-order valence-electron chi connectivity index (χ3n) is 4.32. The summed E-state index contributed by atoms with van der Waals surface area (Å²) in [5.41, 5.74) is 2.26. The molecular formula is C23H18Cl2N2O2. The van der Waals surface area contributed by atoms with Gasteiger partial charge in [0.25, 0.3) is 5.91 Å². The van der Waals surface area contributed by atoms with E-state index in [0.29, 0.717) is 38.7 Å². The maximum absolute atomic E-state index is 12.5. The van der Waals surface area contributed by atoms with Gasteiger partial charge in [0, 0.05) is 11.8 Å². The zero-order chi connectivity index (χ0) is 21.0. The molecule has 0 fully saturated rings. The van der Waals surface area contributed by atoms with Gasteiger partial charge in [0.2, 0.25) is 0 Å². The average Bonchev–Trinajstić information content (AvgIpc) is 3.14. The summed E-state index contributed by atoms with van der Waals surface area (Å²) in [6.45, 7) is 4.19. The molecular weight excluding hydrogens is 407 g/mol. The second-order valence-electron chi connectivity index (χ2n) is 6.70. The number of nitrogens with zero attached hydrogens (tertiary/aromatic N) is 1. The van der Waals surface area contributed by atoms with Crippen LogP contribution in [0.25, 0.3) is 17.4 Å². The van der Waals surface area contributed by atoms with Crippen molar-refractivity contribution in [2.24, 2.45) is 0 Å². The summed E-state index contributed by atoms with van der Waals surface area (Å²) in [5, 5.41) is 13.0. The van der Waals surface area contributed by atoms with Gasteiger partial charge < -0.3 is 9.73 Å². The Bertz CT molecular complexity index is 1090. The molecule has 29 heavy (non-hydrogen) atoms. The van der Waals surface area contributed by atoms with E-state index in [0.717, 1.165) is 0 Å². The molecule has 1 aromatic heterocycles. The number of hydrogen-bond donors (Lipinski definition) is 1. The molecule has 0 spiro atoms. The summed E-state index contributed by atoms with van der Waals surface area (Å²) >= 11 is 12.4. The molecule has 0 unspecified atom stereocenters. The maximum atomic E-state index is 12.5. The van der Waals surface area contributed by atoms with Crippen molar-refractivity contribution in [1.29, 1.82) is 5.26 Å². The average molecular weight is 425 g/mol. The van der Waals surface area contributed by atoms with Gasteiger partial charge in [-0.1, -0.05) is 55.2 Å². The fourth-order valence-corrected chi connectivity index (χ4v) is 3.32. The summed E-state index contributed by atoms with van der Waals surface area (Å²) in [6.07, 6.45) is 1.38. The number of carbonyl (C=O) groups is 1. The molecule has 3 aromatic rings. The van der Waals surface area contributed by atoms with Crippen LogP contribution in [0.3, 0.4) is 0 Å². The van der Waals surface area contributed by atoms with E-state index in [1.807, 2.05) is 30.3 Å². The van der Waals surface area contributed by atoms with Gasteiger partial charge in [-0.3, -0.25) is 4.79 Å². The number of rotatable bonds is 5. The molecule has 146 valence electrons. The van der Waals surface area contributed by atoms with Gasteiger partial charge in [-0.05, 0) is 47.9 Å². The minimum absolute atomic E-state index is 0.0795. The highest BCUT2D eigenvalue weighted by molar-refractivity contribution is 6.39. The maximum Gasteiger partial charge on any atom is 0.266 e. The Hall–Kier alpha value is -3.00. The van der Waals surface area contributed by atoms with E-state index in [9.17, 15) is 10.1 Å². The molecule has 0 radical (unpaired) electrons. The smallest absolute Gasteiger partial charge is 0.266 e. The Kier molecular flexibility index (Phi) is 6.43. The van der Waals surface area contributed by atoms with Gasteiger partial charge in [0.15, 0.2) is 0 Å². The first-order valence-corrected chi connectivity index (χ1v) is 9.72. The highest BCUT2D eigenvalue weighted by Gasteiger charge is 2.14. The van der Waals surface area contributed by atoms with E-state index in [1.165, 1.54) is 11.6 Å². The van der Waals surface area contributed by atoms with Gasteiger partial charge in [-0.25, -0.2) is 0 Å². The number of amides is 1. The van der Waals surface area contributed by atoms with Crippen molar-refractivity contribution in [3.05, 3.63) is 81.5 Å². The van der Waals surface area contributed by atoms with E-state index in [-0.39, 0.29) is 5.57 Å². The summed E-state index contributed by atoms with van der Waals surface area (Å²) in [4.78, 5) is 12.5. The lowest BCUT2D eigenvalue weighted by Gasteiger charge is -2.08. The number of halogens is 2. The minimum Gasteiger partial charge on any atom is -0.457 e. The fraction of sp³-hybridized carbons (Fsp3) is 0.130. The molecule has 3 rings (SSSR count). The normalized spacial score (nSPS) is 11.4. The van der Waals surface area contributed by atoms with Crippen LogP contribution in [-0.4, -0.2) is 5.91 Å². The molecule has 0 aliphatic heterocycles. The summed E-state index contributed by atoms with van der Waals surface area (Å²) in [5.74, 6) is 0.680. The van der Waals surface area contributed by atoms with Crippen LogP contribution >= 0.6 is 23.2 Å². The SMILES string of the molecule is CC(C)c1ccc(NC(=O)/C(C#N)=C/c2ccc(-c3c(Cl)cccc3Cl)o2)cc1. The molecule has 4 nitrogen and oxygen atoms in total. The van der Waals surface area contributed by atoms with E-state index >= 15 is 0 Å². The number of anilines is 1. The number of hydrogen-bond acceptors (Lipinski definition) is 3. The quantitative estimate of drug-likeness (QED) is 0.356. The third-order valence-corrected chi connectivity index (χ3v) is 4.95. The van der Waals surface area contributed by atoms with Crippen LogP contribution in [0.4, 0.5) is 5.69 Å². The molecule has 0 bridgehead atoms. The highest BCUT2D eigenvalue weighted by atomic mass is 35.5. The third kappa shape index (κ3) is 4.89.